The first-order valence-corrected chi connectivity index (χ1v) is 10.8. The van der Waals surface area contributed by atoms with Crippen molar-refractivity contribution < 1.29 is 9.59 Å². The first-order chi connectivity index (χ1) is 13.8. The van der Waals surface area contributed by atoms with Crippen LogP contribution >= 0.6 is 0 Å². The van der Waals surface area contributed by atoms with Crippen molar-refractivity contribution >= 4 is 11.9 Å². The molecule has 3 aliphatic heterocycles. The van der Waals surface area contributed by atoms with Gasteiger partial charge in [-0.15, -0.1) is 0 Å². The van der Waals surface area contributed by atoms with Gasteiger partial charge in [0.1, 0.15) is 0 Å². The van der Waals surface area contributed by atoms with E-state index in [0.717, 1.165) is 52.0 Å². The number of amides is 3. The lowest BCUT2D eigenvalue weighted by Crippen LogP contribution is -2.52. The zero-order valence-electron chi connectivity index (χ0n) is 18.2. The fourth-order valence-electron chi connectivity index (χ4n) is 5.85. The lowest BCUT2D eigenvalue weighted by Gasteiger charge is -2.46. The summed E-state index contributed by atoms with van der Waals surface area (Å²) >= 11 is 0. The summed E-state index contributed by atoms with van der Waals surface area (Å²) in [4.78, 5) is 34.3. The Hall–Kier alpha value is -2.09. The number of carbonyl (C=O) groups excluding carboxylic acids is 2. The number of rotatable bonds is 3. The van der Waals surface area contributed by atoms with Gasteiger partial charge in [0.2, 0.25) is 5.91 Å². The molecule has 8 nitrogen and oxygen atoms in total. The van der Waals surface area contributed by atoms with E-state index in [9.17, 15) is 9.59 Å². The number of likely N-dealkylation sites (tertiary alicyclic amines) is 3. The van der Waals surface area contributed by atoms with Crippen LogP contribution in [-0.4, -0.2) is 94.7 Å². The van der Waals surface area contributed by atoms with Crippen molar-refractivity contribution in [2.45, 2.75) is 32.7 Å². The van der Waals surface area contributed by atoms with Crippen LogP contribution in [0.2, 0.25) is 0 Å². The molecule has 1 atom stereocenters. The molecule has 3 aliphatic rings. The van der Waals surface area contributed by atoms with E-state index in [4.69, 9.17) is 0 Å². The quantitative estimate of drug-likeness (QED) is 0.763. The summed E-state index contributed by atoms with van der Waals surface area (Å²) < 4.78 is 1.84. The summed E-state index contributed by atoms with van der Waals surface area (Å²) in [5, 5.41) is 4.28. The molecule has 0 saturated carbocycles. The molecule has 4 heterocycles. The lowest BCUT2D eigenvalue weighted by molar-refractivity contribution is -0.142. The summed E-state index contributed by atoms with van der Waals surface area (Å²) in [7, 11) is 5.54. The van der Waals surface area contributed by atoms with E-state index in [1.54, 1.807) is 19.0 Å². The minimum atomic E-state index is -0.408. The molecule has 4 rings (SSSR count). The van der Waals surface area contributed by atoms with Gasteiger partial charge < -0.3 is 14.7 Å². The second-order valence-electron chi connectivity index (χ2n) is 9.33. The highest BCUT2D eigenvalue weighted by Gasteiger charge is 2.65. The number of carbonyl (C=O) groups is 2. The van der Waals surface area contributed by atoms with Gasteiger partial charge >= 0.3 is 6.03 Å². The molecule has 3 saturated heterocycles. The molecule has 0 unspecified atom stereocenters. The SMILES string of the molecule is CCN1CC[C@]2(CN(C(=O)N(C)C)CC23CCN(Cc2cnn(C)c2)CC3)C1=O. The Morgan fingerprint density at radius 3 is 2.45 bits per heavy atom. The molecule has 1 aromatic heterocycles. The largest absolute Gasteiger partial charge is 0.342 e. The third-order valence-electron chi connectivity index (χ3n) is 7.49. The number of hydrogen-bond acceptors (Lipinski definition) is 4. The number of aromatic nitrogens is 2. The summed E-state index contributed by atoms with van der Waals surface area (Å²) in [6.07, 6.45) is 6.80. The maximum Gasteiger partial charge on any atom is 0.319 e. The van der Waals surface area contributed by atoms with Gasteiger partial charge in [-0.3, -0.25) is 14.4 Å². The minimum absolute atomic E-state index is 0.0294. The van der Waals surface area contributed by atoms with Crippen LogP contribution in [0.25, 0.3) is 0 Å². The third-order valence-corrected chi connectivity index (χ3v) is 7.49. The standard InChI is InChI=1S/C21H34N6O2/c1-5-26-11-8-21(18(26)28)16-27(19(29)23(2)3)15-20(21)6-9-25(10-7-20)14-17-12-22-24(4)13-17/h12-13H,5-11,14-16H2,1-4H3/t21-/m0/s1. The fourth-order valence-corrected chi connectivity index (χ4v) is 5.85. The van der Waals surface area contributed by atoms with Gasteiger partial charge in [0.25, 0.3) is 0 Å². The van der Waals surface area contributed by atoms with Gasteiger partial charge in [0.15, 0.2) is 0 Å². The molecule has 29 heavy (non-hydrogen) atoms. The van der Waals surface area contributed by atoms with E-state index < -0.39 is 5.41 Å². The number of urea groups is 1. The first kappa shape index (κ1) is 20.2. The lowest BCUT2D eigenvalue weighted by atomic mass is 9.60. The Morgan fingerprint density at radius 1 is 1.17 bits per heavy atom. The second-order valence-corrected chi connectivity index (χ2v) is 9.33. The molecule has 2 spiro atoms. The molecule has 0 N–H and O–H groups in total. The average molecular weight is 403 g/mol. The van der Waals surface area contributed by atoms with Crippen LogP contribution in [0.1, 0.15) is 31.7 Å². The van der Waals surface area contributed by atoms with Crippen LogP contribution in [-0.2, 0) is 18.4 Å². The highest BCUT2D eigenvalue weighted by atomic mass is 16.2. The molecule has 160 valence electrons. The Morgan fingerprint density at radius 2 is 1.90 bits per heavy atom. The maximum atomic E-state index is 13.5. The molecule has 0 aromatic carbocycles. The Balaban J connectivity index is 1.55. The van der Waals surface area contributed by atoms with E-state index in [2.05, 4.69) is 23.1 Å². The van der Waals surface area contributed by atoms with E-state index in [1.807, 2.05) is 27.7 Å². The van der Waals surface area contributed by atoms with E-state index in [-0.39, 0.29) is 17.4 Å². The monoisotopic (exact) mass is 402 g/mol. The summed E-state index contributed by atoms with van der Waals surface area (Å²) in [6.45, 7) is 7.71. The molecule has 8 heteroatoms. The highest BCUT2D eigenvalue weighted by Crippen LogP contribution is 2.58. The fraction of sp³-hybridized carbons (Fsp3) is 0.762. The van der Waals surface area contributed by atoms with Crippen LogP contribution in [0.3, 0.4) is 0 Å². The Bertz CT molecular complexity index is 782. The zero-order chi connectivity index (χ0) is 20.8. The van der Waals surface area contributed by atoms with Crippen molar-refractivity contribution in [3.8, 4) is 0 Å². The van der Waals surface area contributed by atoms with Crippen LogP contribution in [0.5, 0.6) is 0 Å². The molecular weight excluding hydrogens is 368 g/mol. The molecule has 1 aromatic rings. The van der Waals surface area contributed by atoms with Crippen molar-refractivity contribution in [1.82, 2.24) is 29.4 Å². The van der Waals surface area contributed by atoms with Crippen molar-refractivity contribution in [2.24, 2.45) is 17.9 Å². The van der Waals surface area contributed by atoms with Crippen LogP contribution in [0.15, 0.2) is 12.4 Å². The number of aryl methyl sites for hydroxylation is 1. The molecule has 3 amide bonds. The van der Waals surface area contributed by atoms with Crippen LogP contribution < -0.4 is 0 Å². The summed E-state index contributed by atoms with van der Waals surface area (Å²) in [5.74, 6) is 0.273. The van der Waals surface area contributed by atoms with Gasteiger partial charge in [0, 0.05) is 71.0 Å². The number of hydrogen-bond donors (Lipinski definition) is 0. The number of fused-ring (bicyclic) bond motifs is 1. The highest BCUT2D eigenvalue weighted by molar-refractivity contribution is 5.88. The Labute approximate surface area is 173 Å². The number of nitrogens with zero attached hydrogens (tertiary/aromatic N) is 6. The average Bonchev–Trinajstić information content (AvgIpc) is 3.35. The predicted octanol–water partition coefficient (Wildman–Crippen LogP) is 1.24. The van der Waals surface area contributed by atoms with Gasteiger partial charge in [-0.25, -0.2) is 4.79 Å². The molecule has 0 radical (unpaired) electrons. The second kappa shape index (κ2) is 7.31. The van der Waals surface area contributed by atoms with Gasteiger partial charge in [-0.2, -0.15) is 5.10 Å². The van der Waals surface area contributed by atoms with Crippen LogP contribution in [0.4, 0.5) is 4.79 Å². The van der Waals surface area contributed by atoms with E-state index in [0.29, 0.717) is 13.1 Å². The smallest absolute Gasteiger partial charge is 0.319 e. The zero-order valence-corrected chi connectivity index (χ0v) is 18.2. The maximum absolute atomic E-state index is 13.5. The van der Waals surface area contributed by atoms with E-state index in [1.165, 1.54) is 5.56 Å². The van der Waals surface area contributed by atoms with Gasteiger partial charge in [-0.05, 0) is 39.3 Å². The van der Waals surface area contributed by atoms with Gasteiger partial charge in [-0.1, -0.05) is 0 Å². The summed E-state index contributed by atoms with van der Waals surface area (Å²) in [5.41, 5.74) is 0.711. The Kier molecular flexibility index (Phi) is 5.09. The topological polar surface area (TPSA) is 64.9 Å². The molecular formula is C21H34N6O2. The van der Waals surface area contributed by atoms with Crippen molar-refractivity contribution in [2.75, 3.05) is 53.4 Å². The number of piperidine rings is 1. The molecule has 3 fully saturated rings. The molecule has 0 aliphatic carbocycles. The van der Waals surface area contributed by atoms with E-state index >= 15 is 0 Å². The first-order valence-electron chi connectivity index (χ1n) is 10.8. The normalized spacial score (nSPS) is 26.8. The molecule has 0 bridgehead atoms. The minimum Gasteiger partial charge on any atom is -0.342 e. The van der Waals surface area contributed by atoms with Crippen molar-refractivity contribution in [3.05, 3.63) is 18.0 Å². The predicted molar refractivity (Wildman–Crippen MR) is 110 cm³/mol. The van der Waals surface area contributed by atoms with Crippen molar-refractivity contribution in [1.29, 1.82) is 0 Å². The van der Waals surface area contributed by atoms with Crippen molar-refractivity contribution in [3.63, 3.8) is 0 Å². The third kappa shape index (κ3) is 3.21. The van der Waals surface area contributed by atoms with Crippen LogP contribution in [0, 0.1) is 10.8 Å². The van der Waals surface area contributed by atoms with Gasteiger partial charge in [0.05, 0.1) is 11.6 Å². The summed E-state index contributed by atoms with van der Waals surface area (Å²) in [6, 6.07) is 0.0294.